The van der Waals surface area contributed by atoms with Crippen LogP contribution in [0.4, 0.5) is 0 Å². The van der Waals surface area contributed by atoms with E-state index in [4.69, 9.17) is 4.74 Å². The zero-order valence-corrected chi connectivity index (χ0v) is 8.82. The highest BCUT2D eigenvalue weighted by Gasteiger charge is 2.40. The summed E-state index contributed by atoms with van der Waals surface area (Å²) in [6.07, 6.45) is 3.32. The molecule has 0 aromatic carbocycles. The fourth-order valence-electron chi connectivity index (χ4n) is 2.19. The molecule has 2 nitrogen and oxygen atoms in total. The molecule has 0 saturated carbocycles. The van der Waals surface area contributed by atoms with Crippen LogP contribution in [0.2, 0.25) is 0 Å². The lowest BCUT2D eigenvalue weighted by molar-refractivity contribution is 0.0643. The number of hydrogen-bond acceptors (Lipinski definition) is 3. The standard InChI is InChI=1S/C10H16O2S/c1-8-9(7-11)3-2-4-10(8)12-5-6-13-10/h11H,2-7H2,1H3/t10-/m1/s1. The molecule has 1 spiro atoms. The van der Waals surface area contributed by atoms with Crippen molar-refractivity contribution >= 4 is 11.8 Å². The second-order valence-electron chi connectivity index (χ2n) is 3.69. The maximum Gasteiger partial charge on any atom is 0.135 e. The molecule has 0 aromatic rings. The Morgan fingerprint density at radius 1 is 1.62 bits per heavy atom. The lowest BCUT2D eigenvalue weighted by Gasteiger charge is -2.34. The summed E-state index contributed by atoms with van der Waals surface area (Å²) in [5, 5.41) is 9.18. The molecular formula is C10H16O2S. The molecule has 1 heterocycles. The summed E-state index contributed by atoms with van der Waals surface area (Å²) in [7, 11) is 0. The van der Waals surface area contributed by atoms with Gasteiger partial charge in [-0.2, -0.15) is 0 Å². The van der Waals surface area contributed by atoms with Gasteiger partial charge in [-0.25, -0.2) is 0 Å². The smallest absolute Gasteiger partial charge is 0.135 e. The monoisotopic (exact) mass is 200 g/mol. The molecule has 1 aliphatic heterocycles. The molecule has 1 aliphatic carbocycles. The van der Waals surface area contributed by atoms with Gasteiger partial charge in [-0.15, -0.1) is 11.8 Å². The molecule has 0 radical (unpaired) electrons. The van der Waals surface area contributed by atoms with E-state index in [9.17, 15) is 5.11 Å². The fourth-order valence-corrected chi connectivity index (χ4v) is 3.50. The Bertz CT molecular complexity index is 229. The van der Waals surface area contributed by atoms with Crippen molar-refractivity contribution in [1.82, 2.24) is 0 Å². The molecule has 3 heteroatoms. The molecule has 1 N–H and O–H groups in total. The van der Waals surface area contributed by atoms with Crippen molar-refractivity contribution in [2.24, 2.45) is 0 Å². The molecule has 0 unspecified atom stereocenters. The quantitative estimate of drug-likeness (QED) is 0.656. The average molecular weight is 200 g/mol. The maximum absolute atomic E-state index is 9.18. The number of rotatable bonds is 1. The third kappa shape index (κ3) is 1.53. The minimum Gasteiger partial charge on any atom is -0.392 e. The minimum absolute atomic E-state index is 0.0592. The van der Waals surface area contributed by atoms with Crippen LogP contribution >= 0.6 is 11.8 Å². The Morgan fingerprint density at radius 3 is 3.08 bits per heavy atom. The summed E-state index contributed by atoms with van der Waals surface area (Å²) in [5.41, 5.74) is 2.48. The molecule has 0 aromatic heterocycles. The van der Waals surface area contributed by atoms with Crippen LogP contribution in [0.3, 0.4) is 0 Å². The van der Waals surface area contributed by atoms with Gasteiger partial charge >= 0.3 is 0 Å². The first kappa shape index (κ1) is 9.56. The number of thioether (sulfide) groups is 1. The first-order valence-electron chi connectivity index (χ1n) is 4.86. The normalized spacial score (nSPS) is 34.6. The van der Waals surface area contributed by atoms with Crippen molar-refractivity contribution in [3.05, 3.63) is 11.1 Å². The molecule has 13 heavy (non-hydrogen) atoms. The van der Waals surface area contributed by atoms with Crippen LogP contribution in [-0.2, 0) is 4.74 Å². The van der Waals surface area contributed by atoms with Crippen LogP contribution in [-0.4, -0.2) is 29.0 Å². The zero-order valence-electron chi connectivity index (χ0n) is 8.01. The molecule has 2 rings (SSSR count). The first-order chi connectivity index (χ1) is 6.28. The largest absolute Gasteiger partial charge is 0.392 e. The van der Waals surface area contributed by atoms with Gasteiger partial charge in [-0.05, 0) is 37.3 Å². The van der Waals surface area contributed by atoms with Crippen LogP contribution in [0.15, 0.2) is 11.1 Å². The van der Waals surface area contributed by atoms with Gasteiger partial charge in [0.2, 0.25) is 0 Å². The third-order valence-electron chi connectivity index (χ3n) is 3.03. The van der Waals surface area contributed by atoms with E-state index in [1.165, 1.54) is 11.1 Å². The van der Waals surface area contributed by atoms with Crippen molar-refractivity contribution in [3.63, 3.8) is 0 Å². The predicted molar refractivity (Wildman–Crippen MR) is 54.8 cm³/mol. The van der Waals surface area contributed by atoms with E-state index >= 15 is 0 Å². The fraction of sp³-hybridized carbons (Fsp3) is 0.800. The predicted octanol–water partition coefficient (Wildman–Crippen LogP) is 1.94. The summed E-state index contributed by atoms with van der Waals surface area (Å²) in [5.74, 6) is 1.09. The van der Waals surface area contributed by atoms with Gasteiger partial charge in [-0.1, -0.05) is 0 Å². The van der Waals surface area contributed by atoms with Crippen LogP contribution in [0.1, 0.15) is 26.2 Å². The van der Waals surface area contributed by atoms with E-state index in [0.29, 0.717) is 0 Å². The van der Waals surface area contributed by atoms with Crippen molar-refractivity contribution < 1.29 is 9.84 Å². The minimum atomic E-state index is -0.0592. The number of aliphatic hydroxyl groups is 1. The Hall–Kier alpha value is 0.0100. The highest BCUT2D eigenvalue weighted by atomic mass is 32.2. The Morgan fingerprint density at radius 2 is 2.46 bits per heavy atom. The highest BCUT2D eigenvalue weighted by molar-refractivity contribution is 8.00. The third-order valence-corrected chi connectivity index (χ3v) is 4.50. The second-order valence-corrected chi connectivity index (χ2v) is 5.05. The Labute approximate surface area is 83.4 Å². The van der Waals surface area contributed by atoms with Gasteiger partial charge in [0, 0.05) is 5.75 Å². The first-order valence-corrected chi connectivity index (χ1v) is 5.85. The van der Waals surface area contributed by atoms with Crippen LogP contribution in [0, 0.1) is 0 Å². The molecule has 1 saturated heterocycles. The number of aliphatic hydroxyl groups excluding tert-OH is 1. The molecule has 1 fully saturated rings. The van der Waals surface area contributed by atoms with E-state index in [1.807, 2.05) is 11.8 Å². The van der Waals surface area contributed by atoms with Crippen molar-refractivity contribution in [2.45, 2.75) is 31.1 Å². The molecular weight excluding hydrogens is 184 g/mol. The molecule has 1 atom stereocenters. The molecule has 74 valence electrons. The summed E-state index contributed by atoms with van der Waals surface area (Å²) >= 11 is 1.90. The van der Waals surface area contributed by atoms with E-state index in [2.05, 4.69) is 6.92 Å². The topological polar surface area (TPSA) is 29.5 Å². The summed E-state index contributed by atoms with van der Waals surface area (Å²) in [4.78, 5) is -0.0592. The van der Waals surface area contributed by atoms with Gasteiger partial charge < -0.3 is 9.84 Å². The molecule has 2 aliphatic rings. The van der Waals surface area contributed by atoms with E-state index in [-0.39, 0.29) is 11.5 Å². The Kier molecular flexibility index (Phi) is 2.67. The van der Waals surface area contributed by atoms with E-state index in [0.717, 1.165) is 31.6 Å². The van der Waals surface area contributed by atoms with Gasteiger partial charge in [0.25, 0.3) is 0 Å². The van der Waals surface area contributed by atoms with Crippen LogP contribution in [0.25, 0.3) is 0 Å². The summed E-state index contributed by atoms with van der Waals surface area (Å²) in [6, 6.07) is 0. The summed E-state index contributed by atoms with van der Waals surface area (Å²) < 4.78 is 5.82. The van der Waals surface area contributed by atoms with Gasteiger partial charge in [0.15, 0.2) is 0 Å². The summed E-state index contributed by atoms with van der Waals surface area (Å²) in [6.45, 7) is 3.18. The van der Waals surface area contributed by atoms with E-state index in [1.54, 1.807) is 0 Å². The highest BCUT2D eigenvalue weighted by Crippen LogP contribution is 2.47. The SMILES string of the molecule is CC1=C(CO)CCC[C@]12OCCS2. The zero-order chi connectivity index (χ0) is 9.31. The van der Waals surface area contributed by atoms with Gasteiger partial charge in [0.05, 0.1) is 13.2 Å². The second kappa shape index (κ2) is 3.64. The molecule has 0 amide bonds. The van der Waals surface area contributed by atoms with Crippen LogP contribution in [0.5, 0.6) is 0 Å². The van der Waals surface area contributed by atoms with Crippen molar-refractivity contribution in [3.8, 4) is 0 Å². The van der Waals surface area contributed by atoms with Crippen molar-refractivity contribution in [1.29, 1.82) is 0 Å². The maximum atomic E-state index is 9.18. The number of ether oxygens (including phenoxy) is 1. The van der Waals surface area contributed by atoms with Gasteiger partial charge in [-0.3, -0.25) is 0 Å². The Balaban J connectivity index is 2.28. The molecule has 0 bridgehead atoms. The van der Waals surface area contributed by atoms with Crippen LogP contribution < -0.4 is 0 Å². The van der Waals surface area contributed by atoms with Crippen molar-refractivity contribution in [2.75, 3.05) is 19.0 Å². The number of hydrogen-bond donors (Lipinski definition) is 1. The van der Waals surface area contributed by atoms with E-state index < -0.39 is 0 Å². The van der Waals surface area contributed by atoms with Gasteiger partial charge in [0.1, 0.15) is 4.93 Å². The average Bonchev–Trinajstić information content (AvgIpc) is 2.60. The lowest BCUT2D eigenvalue weighted by atomic mass is 9.90. The lowest BCUT2D eigenvalue weighted by Crippen LogP contribution is -2.30.